The second-order valence-electron chi connectivity index (χ2n) is 9.07. The average Bonchev–Trinajstić information content (AvgIpc) is 2.80. The minimum atomic E-state index is -0.425. The van der Waals surface area contributed by atoms with Crippen LogP contribution in [-0.2, 0) is 6.42 Å². The zero-order chi connectivity index (χ0) is 22.1. The number of Topliss-reactive ketones (excluding diaryl/α,β-unsaturated/α-hetero) is 1. The molecule has 0 unspecified atom stereocenters. The predicted molar refractivity (Wildman–Crippen MR) is 126 cm³/mol. The molecule has 2 aromatic rings. The molecule has 166 valence electrons. The molecule has 0 amide bonds. The Hall–Kier alpha value is -2.49. The molecule has 4 heteroatoms. The zero-order valence-electron chi connectivity index (χ0n) is 18.7. The summed E-state index contributed by atoms with van der Waals surface area (Å²) in [6.07, 6.45) is 13.7. The number of non-ortho nitro benzene ring substituents is 1. The van der Waals surface area contributed by atoms with Gasteiger partial charge in [-0.1, -0.05) is 81.8 Å². The second-order valence-corrected chi connectivity index (χ2v) is 9.07. The number of nitro groups is 1. The van der Waals surface area contributed by atoms with Gasteiger partial charge in [-0.25, -0.2) is 0 Å². The molecule has 1 aliphatic rings. The van der Waals surface area contributed by atoms with Crippen molar-refractivity contribution in [3.63, 3.8) is 0 Å². The summed E-state index contributed by atoms with van der Waals surface area (Å²) in [5, 5.41) is 10.8. The molecule has 0 spiro atoms. The number of ketones is 1. The van der Waals surface area contributed by atoms with Gasteiger partial charge in [0, 0.05) is 24.1 Å². The first-order chi connectivity index (χ1) is 15.1. The first-order valence-electron chi connectivity index (χ1n) is 11.9. The normalized spacial score (nSPS) is 18.6. The van der Waals surface area contributed by atoms with Crippen molar-refractivity contribution in [1.82, 2.24) is 0 Å². The molecule has 1 saturated carbocycles. The van der Waals surface area contributed by atoms with Gasteiger partial charge >= 0.3 is 0 Å². The summed E-state index contributed by atoms with van der Waals surface area (Å²) in [5.41, 5.74) is 2.91. The fraction of sp³-hybridized carbons (Fsp3) is 0.519. The van der Waals surface area contributed by atoms with Crippen molar-refractivity contribution in [2.45, 2.75) is 83.5 Å². The number of nitrogens with zero attached hydrogens (tertiary/aromatic N) is 1. The lowest BCUT2D eigenvalue weighted by atomic mass is 9.77. The fourth-order valence-electron chi connectivity index (χ4n) is 4.79. The minimum absolute atomic E-state index is 0.0479. The summed E-state index contributed by atoms with van der Waals surface area (Å²) in [4.78, 5) is 22.9. The monoisotopic (exact) mass is 421 g/mol. The highest BCUT2D eigenvalue weighted by Crippen LogP contribution is 2.37. The van der Waals surface area contributed by atoms with Crippen LogP contribution in [0.15, 0.2) is 48.5 Å². The van der Waals surface area contributed by atoms with Gasteiger partial charge in [-0.2, -0.15) is 0 Å². The van der Waals surface area contributed by atoms with E-state index in [-0.39, 0.29) is 17.9 Å². The number of unbranched alkanes of at least 4 members (excludes halogenated alkanes) is 4. The molecule has 2 aromatic carbocycles. The Morgan fingerprint density at radius 2 is 1.55 bits per heavy atom. The van der Waals surface area contributed by atoms with Gasteiger partial charge in [0.05, 0.1) is 4.92 Å². The van der Waals surface area contributed by atoms with Gasteiger partial charge in [0.1, 0.15) is 0 Å². The topological polar surface area (TPSA) is 60.2 Å². The van der Waals surface area contributed by atoms with E-state index in [4.69, 9.17) is 0 Å². The highest BCUT2D eigenvalue weighted by molar-refractivity contribution is 5.97. The second kappa shape index (κ2) is 11.8. The molecule has 4 nitrogen and oxygen atoms in total. The van der Waals surface area contributed by atoms with Crippen molar-refractivity contribution in [3.05, 3.63) is 75.3 Å². The van der Waals surface area contributed by atoms with E-state index < -0.39 is 4.92 Å². The van der Waals surface area contributed by atoms with Crippen LogP contribution in [0.1, 0.15) is 98.5 Å². The summed E-state index contributed by atoms with van der Waals surface area (Å²) >= 11 is 0. The van der Waals surface area contributed by atoms with Crippen LogP contribution in [0.2, 0.25) is 0 Å². The van der Waals surface area contributed by atoms with E-state index in [0.29, 0.717) is 11.5 Å². The van der Waals surface area contributed by atoms with Crippen molar-refractivity contribution in [2.75, 3.05) is 0 Å². The summed E-state index contributed by atoms with van der Waals surface area (Å²) in [6.45, 7) is 2.27. The van der Waals surface area contributed by atoms with Crippen LogP contribution >= 0.6 is 0 Å². The number of carbonyl (C=O) groups is 1. The molecule has 0 radical (unpaired) electrons. The third-order valence-corrected chi connectivity index (χ3v) is 6.78. The number of rotatable bonds is 11. The van der Waals surface area contributed by atoms with Crippen LogP contribution in [0.4, 0.5) is 5.69 Å². The molecule has 0 atom stereocenters. The molecule has 0 bridgehead atoms. The molecule has 0 N–H and O–H groups in total. The van der Waals surface area contributed by atoms with E-state index in [1.165, 1.54) is 81.9 Å². The fourth-order valence-corrected chi connectivity index (χ4v) is 4.79. The van der Waals surface area contributed by atoms with Gasteiger partial charge in [0.15, 0.2) is 5.78 Å². The van der Waals surface area contributed by atoms with Gasteiger partial charge in [0.2, 0.25) is 0 Å². The Balaban J connectivity index is 1.45. The summed E-state index contributed by atoms with van der Waals surface area (Å²) in [5.74, 6) is 1.57. The summed E-state index contributed by atoms with van der Waals surface area (Å²) < 4.78 is 0. The quantitative estimate of drug-likeness (QED) is 0.162. The van der Waals surface area contributed by atoms with Crippen LogP contribution in [0.3, 0.4) is 0 Å². The standard InChI is InChI=1S/C27H35NO3/c1-2-3-4-5-6-7-21-8-12-23(13-9-21)24-14-16-25(17-15-24)27(29)20-22-10-18-26(19-11-22)28(30)31/h10-11,14-19,21,23H,2-9,12-13,20H2,1H3/t21-,23-. The Labute approximate surface area is 186 Å². The highest BCUT2D eigenvalue weighted by Gasteiger charge is 2.22. The van der Waals surface area contributed by atoms with Gasteiger partial charge in [0.25, 0.3) is 5.69 Å². The van der Waals surface area contributed by atoms with Crippen molar-refractivity contribution < 1.29 is 9.72 Å². The van der Waals surface area contributed by atoms with Crippen molar-refractivity contribution in [2.24, 2.45) is 5.92 Å². The largest absolute Gasteiger partial charge is 0.294 e. The molecule has 3 rings (SSSR count). The number of carbonyl (C=O) groups excluding carboxylic acids is 1. The molecule has 1 fully saturated rings. The maximum absolute atomic E-state index is 12.6. The van der Waals surface area contributed by atoms with E-state index in [1.54, 1.807) is 12.1 Å². The Morgan fingerprint density at radius 1 is 0.903 bits per heavy atom. The number of hydrogen-bond acceptors (Lipinski definition) is 3. The molecule has 0 aromatic heterocycles. The van der Waals surface area contributed by atoms with Crippen molar-refractivity contribution >= 4 is 11.5 Å². The minimum Gasteiger partial charge on any atom is -0.294 e. The van der Waals surface area contributed by atoms with E-state index in [1.807, 2.05) is 12.1 Å². The first kappa shape index (κ1) is 23.2. The zero-order valence-corrected chi connectivity index (χ0v) is 18.7. The third-order valence-electron chi connectivity index (χ3n) is 6.78. The van der Waals surface area contributed by atoms with Gasteiger partial charge in [-0.05, 0) is 48.6 Å². The van der Waals surface area contributed by atoms with Crippen LogP contribution in [0, 0.1) is 16.0 Å². The molecule has 0 aliphatic heterocycles. The van der Waals surface area contributed by atoms with Crippen molar-refractivity contribution in [3.8, 4) is 0 Å². The first-order valence-corrected chi connectivity index (χ1v) is 11.9. The molecular weight excluding hydrogens is 386 g/mol. The van der Waals surface area contributed by atoms with E-state index in [0.717, 1.165) is 11.5 Å². The van der Waals surface area contributed by atoms with Crippen LogP contribution in [-0.4, -0.2) is 10.7 Å². The Kier molecular flexibility index (Phi) is 8.81. The third kappa shape index (κ3) is 7.02. The molecule has 1 aliphatic carbocycles. The summed E-state index contributed by atoms with van der Waals surface area (Å²) in [6, 6.07) is 14.4. The van der Waals surface area contributed by atoms with Gasteiger partial charge in [-0.3, -0.25) is 14.9 Å². The lowest BCUT2D eigenvalue weighted by Crippen LogP contribution is -2.13. The molecular formula is C27H35NO3. The van der Waals surface area contributed by atoms with Gasteiger partial charge < -0.3 is 0 Å². The average molecular weight is 422 g/mol. The van der Waals surface area contributed by atoms with E-state index in [9.17, 15) is 14.9 Å². The van der Waals surface area contributed by atoms with Crippen LogP contribution < -0.4 is 0 Å². The highest BCUT2D eigenvalue weighted by atomic mass is 16.6. The SMILES string of the molecule is CCCCCCC[C@H]1CC[C@H](c2ccc(C(=O)Cc3ccc([N+](=O)[O-])cc3)cc2)CC1. The Bertz CT molecular complexity index is 834. The summed E-state index contributed by atoms with van der Waals surface area (Å²) in [7, 11) is 0. The lowest BCUT2D eigenvalue weighted by molar-refractivity contribution is -0.384. The Morgan fingerprint density at radius 3 is 2.16 bits per heavy atom. The van der Waals surface area contributed by atoms with E-state index in [2.05, 4.69) is 19.1 Å². The predicted octanol–water partition coefficient (Wildman–Crippen LogP) is 7.65. The number of nitro benzene ring substituents is 1. The number of benzene rings is 2. The van der Waals surface area contributed by atoms with Crippen LogP contribution in [0.25, 0.3) is 0 Å². The van der Waals surface area contributed by atoms with Crippen molar-refractivity contribution in [1.29, 1.82) is 0 Å². The molecule has 31 heavy (non-hydrogen) atoms. The van der Waals surface area contributed by atoms with E-state index >= 15 is 0 Å². The maximum atomic E-state index is 12.6. The molecule has 0 heterocycles. The maximum Gasteiger partial charge on any atom is 0.269 e. The molecule has 0 saturated heterocycles. The smallest absolute Gasteiger partial charge is 0.269 e. The lowest BCUT2D eigenvalue weighted by Gasteiger charge is -2.29. The van der Waals surface area contributed by atoms with Gasteiger partial charge in [-0.15, -0.1) is 0 Å². The van der Waals surface area contributed by atoms with Crippen LogP contribution in [0.5, 0.6) is 0 Å². The number of hydrogen-bond donors (Lipinski definition) is 0.